The van der Waals surface area contributed by atoms with Crippen LogP contribution in [0, 0.1) is 0 Å². The first-order valence-corrected chi connectivity index (χ1v) is 8.81. The first-order valence-electron chi connectivity index (χ1n) is 6.69. The van der Waals surface area contributed by atoms with Crippen molar-refractivity contribution in [1.82, 2.24) is 14.5 Å². The summed E-state index contributed by atoms with van der Waals surface area (Å²) in [7, 11) is -0.693. The predicted octanol–water partition coefficient (Wildman–Crippen LogP) is -1.44. The average molecular weight is 303 g/mol. The van der Waals surface area contributed by atoms with Gasteiger partial charge in [-0.05, 0) is 13.8 Å². The van der Waals surface area contributed by atoms with Crippen molar-refractivity contribution in [2.45, 2.75) is 38.8 Å². The van der Waals surface area contributed by atoms with Crippen molar-refractivity contribution < 1.29 is 9.47 Å². The summed E-state index contributed by atoms with van der Waals surface area (Å²) in [6.45, 7) is 6.92. The van der Waals surface area contributed by atoms with E-state index in [0.29, 0.717) is 19.6 Å². The molecule has 0 atom stereocenters. The third kappa shape index (κ3) is 4.02. The summed E-state index contributed by atoms with van der Waals surface area (Å²) < 4.78 is 12.3. The first kappa shape index (κ1) is 16.6. The maximum atomic E-state index is 11.6. The molecule has 114 valence electrons. The third-order valence-corrected chi connectivity index (χ3v) is 4.84. The van der Waals surface area contributed by atoms with Crippen molar-refractivity contribution in [3.63, 3.8) is 0 Å². The zero-order valence-electron chi connectivity index (χ0n) is 12.0. The molecule has 1 aromatic rings. The normalized spacial score (nSPS) is 12.3. The lowest BCUT2D eigenvalue weighted by atomic mass is 10.4. The maximum Gasteiger partial charge on any atom is 0.333 e. The van der Waals surface area contributed by atoms with Crippen LogP contribution >= 0.6 is 0 Å². The molecule has 0 saturated carbocycles. The number of hydrogen-bond donors (Lipinski definition) is 2. The number of aromatic nitrogens is 3. The lowest BCUT2D eigenvalue weighted by Gasteiger charge is -2.32. The van der Waals surface area contributed by atoms with E-state index in [4.69, 9.17) is 9.47 Å². The van der Waals surface area contributed by atoms with Gasteiger partial charge in [-0.3, -0.25) is 9.97 Å². The third-order valence-electron chi connectivity index (χ3n) is 3.00. The molecule has 0 fully saturated rings. The summed E-state index contributed by atoms with van der Waals surface area (Å²) >= 11 is 0. The maximum absolute atomic E-state index is 11.6. The molecule has 0 aliphatic carbocycles. The first-order chi connectivity index (χ1) is 9.48. The van der Waals surface area contributed by atoms with Gasteiger partial charge < -0.3 is 9.47 Å². The molecule has 0 radical (unpaired) electrons. The fourth-order valence-electron chi connectivity index (χ4n) is 2.03. The van der Waals surface area contributed by atoms with Crippen LogP contribution in [0.4, 0.5) is 0 Å². The lowest BCUT2D eigenvalue weighted by molar-refractivity contribution is -0.180. The minimum absolute atomic E-state index is 0.131. The number of aromatic amines is 2. The minimum atomic E-state index is -0.804. The minimum Gasteiger partial charge on any atom is -0.355 e. The molecule has 0 amide bonds. The van der Waals surface area contributed by atoms with E-state index < -0.39 is 32.0 Å². The van der Waals surface area contributed by atoms with Gasteiger partial charge in [0.15, 0.2) is 0 Å². The van der Waals surface area contributed by atoms with Gasteiger partial charge >= 0.3 is 17.1 Å². The van der Waals surface area contributed by atoms with Crippen LogP contribution in [0.5, 0.6) is 0 Å². The van der Waals surface area contributed by atoms with Gasteiger partial charge in [0.05, 0.1) is 9.52 Å². The van der Waals surface area contributed by atoms with Crippen LogP contribution in [0.3, 0.4) is 0 Å². The van der Waals surface area contributed by atoms with Crippen LogP contribution in [-0.2, 0) is 16.0 Å². The second-order valence-corrected chi connectivity index (χ2v) is 6.01. The number of hydrogen-bond acceptors (Lipinski definition) is 5. The highest BCUT2D eigenvalue weighted by atomic mass is 28.2. The van der Waals surface area contributed by atoms with Crippen molar-refractivity contribution in [3.8, 4) is 0 Å². The van der Waals surface area contributed by atoms with Crippen LogP contribution in [0.2, 0.25) is 6.55 Å². The Kier molecular flexibility index (Phi) is 6.11. The molecule has 1 aromatic heterocycles. The summed E-state index contributed by atoms with van der Waals surface area (Å²) in [5.74, 6) is 0. The molecule has 0 saturated heterocycles. The molecule has 0 spiro atoms. The van der Waals surface area contributed by atoms with E-state index in [1.807, 2.05) is 30.4 Å². The largest absolute Gasteiger partial charge is 0.355 e. The van der Waals surface area contributed by atoms with Crippen molar-refractivity contribution in [2.75, 3.05) is 13.2 Å². The Labute approximate surface area is 118 Å². The second kappa shape index (κ2) is 7.36. The summed E-state index contributed by atoms with van der Waals surface area (Å²) in [5, 5.41) is 0. The molecule has 0 unspecified atom stereocenters. The highest BCUT2D eigenvalue weighted by Crippen LogP contribution is 2.17. The van der Waals surface area contributed by atoms with E-state index in [1.54, 1.807) is 0 Å². The van der Waals surface area contributed by atoms with E-state index in [-0.39, 0.29) is 6.54 Å². The van der Waals surface area contributed by atoms with Crippen LogP contribution in [0.15, 0.2) is 14.4 Å². The number of H-pyrrole nitrogens is 2. The van der Waals surface area contributed by atoms with E-state index in [2.05, 4.69) is 0 Å². The molecule has 2 N–H and O–H groups in total. The van der Waals surface area contributed by atoms with Crippen LogP contribution in [0.25, 0.3) is 0 Å². The van der Waals surface area contributed by atoms with Gasteiger partial charge in [-0.1, -0.05) is 6.55 Å². The number of ether oxygens (including phenoxy) is 2. The Morgan fingerprint density at radius 1 is 1.10 bits per heavy atom. The topological polar surface area (TPSA) is 106 Å². The summed E-state index contributed by atoms with van der Waals surface area (Å²) in [5.41, 5.74) is -2.94. The van der Waals surface area contributed by atoms with Crippen molar-refractivity contribution in [3.05, 3.63) is 31.5 Å². The summed E-state index contributed by atoms with van der Waals surface area (Å²) in [6, 6.07) is 0. The predicted molar refractivity (Wildman–Crippen MR) is 77.0 cm³/mol. The van der Waals surface area contributed by atoms with E-state index in [1.165, 1.54) is 0 Å². The summed E-state index contributed by atoms with van der Waals surface area (Å²) in [4.78, 5) is 38.2. The Morgan fingerprint density at radius 3 is 2.00 bits per heavy atom. The van der Waals surface area contributed by atoms with Crippen molar-refractivity contribution in [2.24, 2.45) is 0 Å². The van der Waals surface area contributed by atoms with Gasteiger partial charge in [-0.2, -0.15) is 0 Å². The molecule has 0 bridgehead atoms. The fraction of sp³-hybridized carbons (Fsp3) is 0.727. The molecule has 1 heterocycles. The highest BCUT2D eigenvalue weighted by molar-refractivity contribution is 6.37. The van der Waals surface area contributed by atoms with Gasteiger partial charge in [-0.15, -0.1) is 0 Å². The zero-order valence-corrected chi connectivity index (χ0v) is 13.4. The molecule has 8 nitrogen and oxygen atoms in total. The van der Waals surface area contributed by atoms with Gasteiger partial charge in [-0.25, -0.2) is 19.0 Å². The second-order valence-electron chi connectivity index (χ2n) is 4.22. The van der Waals surface area contributed by atoms with Crippen LogP contribution < -0.4 is 17.1 Å². The quantitative estimate of drug-likeness (QED) is 0.452. The Bertz CT molecular complexity index is 550. The molecule has 20 heavy (non-hydrogen) atoms. The molecular weight excluding hydrogens is 282 g/mol. The number of nitrogens with zero attached hydrogens (tertiary/aromatic N) is 1. The Balaban J connectivity index is 2.96. The molecular formula is C11H21N3O5Si. The van der Waals surface area contributed by atoms with E-state index >= 15 is 0 Å². The summed E-state index contributed by atoms with van der Waals surface area (Å²) in [6.07, 6.45) is 0.395. The molecule has 9 heteroatoms. The number of nitrogens with one attached hydrogen (secondary N) is 2. The monoisotopic (exact) mass is 303 g/mol. The molecule has 1 rings (SSSR count). The van der Waals surface area contributed by atoms with Crippen molar-refractivity contribution >= 4 is 9.52 Å². The van der Waals surface area contributed by atoms with E-state index in [9.17, 15) is 14.4 Å². The molecule has 0 aliphatic rings. The standard InChI is InChI=1S/C11H21N3O5Si/c1-4-18-11(20-3,19-5-2)6-7-14-9(16)12-8(15)13-10(14)17/h4-7,20H2,1-3H3,(H2,12,13,15,16,17). The smallest absolute Gasteiger partial charge is 0.333 e. The van der Waals surface area contributed by atoms with Crippen LogP contribution in [0.1, 0.15) is 20.3 Å². The fourth-order valence-corrected chi connectivity index (χ4v) is 3.36. The van der Waals surface area contributed by atoms with Gasteiger partial charge in [0.25, 0.3) is 0 Å². The Hall–Kier alpha value is -1.45. The van der Waals surface area contributed by atoms with Gasteiger partial charge in [0.1, 0.15) is 5.41 Å². The number of rotatable bonds is 8. The van der Waals surface area contributed by atoms with Gasteiger partial charge in [0.2, 0.25) is 0 Å². The van der Waals surface area contributed by atoms with Crippen molar-refractivity contribution in [1.29, 1.82) is 0 Å². The molecule has 0 aliphatic heterocycles. The lowest BCUT2D eigenvalue weighted by Crippen LogP contribution is -2.47. The SMILES string of the molecule is CCOC(CCn1c(=O)[nH]c(=O)[nH]c1=O)(OCC)[SiH2]C. The average Bonchev–Trinajstić information content (AvgIpc) is 2.37. The van der Waals surface area contributed by atoms with E-state index in [0.717, 1.165) is 4.57 Å². The zero-order chi connectivity index (χ0) is 15.2. The van der Waals surface area contributed by atoms with Crippen LogP contribution in [-0.4, -0.2) is 42.7 Å². The highest BCUT2D eigenvalue weighted by Gasteiger charge is 2.29. The van der Waals surface area contributed by atoms with Gasteiger partial charge in [0, 0.05) is 26.2 Å². The molecule has 0 aromatic carbocycles. The Morgan fingerprint density at radius 2 is 1.60 bits per heavy atom.